The third-order valence-electron chi connectivity index (χ3n) is 8.07. The molecule has 160 valence electrons. The number of nitrogens with one attached hydrogen (secondary N) is 1. The first kappa shape index (κ1) is 19.0. The zero-order valence-electron chi connectivity index (χ0n) is 17.8. The van der Waals surface area contributed by atoms with Gasteiger partial charge < -0.3 is 0 Å². The number of nitrogens with zero attached hydrogens (tertiary/aromatic N) is 2. The summed E-state index contributed by atoms with van der Waals surface area (Å²) in [6.45, 7) is 1.92. The number of imide groups is 1. The smallest absolute Gasteiger partial charge is 0.273 e. The Morgan fingerprint density at radius 1 is 1.03 bits per heavy atom. The van der Waals surface area contributed by atoms with Gasteiger partial charge in [0.1, 0.15) is 0 Å². The van der Waals surface area contributed by atoms with Crippen LogP contribution in [0.1, 0.15) is 78.3 Å². The molecule has 0 atom stereocenters. The molecule has 2 heterocycles. The monoisotopic (exact) mass is 417 g/mol. The number of aromatic nitrogens is 1. The summed E-state index contributed by atoms with van der Waals surface area (Å²) < 4.78 is 0. The molecule has 0 saturated heterocycles. The van der Waals surface area contributed by atoms with E-state index in [1.165, 1.54) is 19.3 Å². The highest BCUT2D eigenvalue weighted by Gasteiger charge is 2.52. The summed E-state index contributed by atoms with van der Waals surface area (Å²) in [7, 11) is 0. The molecule has 5 aliphatic rings. The Balaban J connectivity index is 1.27. The van der Waals surface area contributed by atoms with Crippen LogP contribution < -0.4 is 5.43 Å². The Hall–Kier alpha value is -2.76. The summed E-state index contributed by atoms with van der Waals surface area (Å²) in [6.07, 6.45) is 8.25. The number of hydrazine groups is 1. The Morgan fingerprint density at radius 3 is 2.29 bits per heavy atom. The van der Waals surface area contributed by atoms with E-state index in [9.17, 15) is 14.4 Å². The fraction of sp³-hybridized carbons (Fsp3) is 0.520. The van der Waals surface area contributed by atoms with Crippen molar-refractivity contribution in [2.75, 3.05) is 0 Å². The van der Waals surface area contributed by atoms with E-state index in [0.29, 0.717) is 40.6 Å². The highest BCUT2D eigenvalue weighted by molar-refractivity contribution is 6.26. The molecular weight excluding hydrogens is 390 g/mol. The van der Waals surface area contributed by atoms with Crippen LogP contribution in [-0.2, 0) is 11.2 Å². The number of hydrogen-bond donors (Lipinski definition) is 1. The lowest BCUT2D eigenvalue weighted by molar-refractivity contribution is -0.132. The van der Waals surface area contributed by atoms with Gasteiger partial charge in [-0.15, -0.1) is 0 Å². The number of benzene rings is 1. The molecule has 1 N–H and O–H groups in total. The molecule has 0 unspecified atom stereocenters. The first-order chi connectivity index (χ1) is 15.0. The maximum Gasteiger partial charge on any atom is 0.282 e. The quantitative estimate of drug-likeness (QED) is 0.762. The van der Waals surface area contributed by atoms with E-state index >= 15 is 0 Å². The van der Waals surface area contributed by atoms with Gasteiger partial charge in [-0.2, -0.15) is 5.01 Å². The van der Waals surface area contributed by atoms with E-state index in [2.05, 4.69) is 10.4 Å². The maximum absolute atomic E-state index is 13.3. The molecule has 31 heavy (non-hydrogen) atoms. The van der Waals surface area contributed by atoms with Gasteiger partial charge in [0.05, 0.1) is 22.3 Å². The molecule has 1 aliphatic heterocycles. The van der Waals surface area contributed by atoms with Gasteiger partial charge in [0.2, 0.25) is 5.91 Å². The number of carbonyl (C=O) groups excluding carboxylic acids is 3. The van der Waals surface area contributed by atoms with Crippen molar-refractivity contribution in [3.63, 3.8) is 0 Å². The summed E-state index contributed by atoms with van der Waals surface area (Å²) >= 11 is 0. The lowest BCUT2D eigenvalue weighted by atomic mass is 9.49. The van der Waals surface area contributed by atoms with Gasteiger partial charge in [0.25, 0.3) is 11.8 Å². The summed E-state index contributed by atoms with van der Waals surface area (Å²) in [5.41, 5.74) is 4.73. The average Bonchev–Trinajstić information content (AvgIpc) is 2.97. The van der Waals surface area contributed by atoms with Crippen LogP contribution in [0, 0.1) is 23.2 Å². The zero-order chi connectivity index (χ0) is 21.3. The Bertz CT molecular complexity index is 1100. The van der Waals surface area contributed by atoms with Crippen molar-refractivity contribution in [3.8, 4) is 0 Å². The van der Waals surface area contributed by atoms with Crippen LogP contribution in [0.3, 0.4) is 0 Å². The molecule has 0 spiro atoms. The van der Waals surface area contributed by atoms with Crippen LogP contribution in [0.2, 0.25) is 0 Å². The first-order valence-electron chi connectivity index (χ1n) is 11.6. The Morgan fingerprint density at radius 2 is 1.65 bits per heavy atom. The van der Waals surface area contributed by atoms with Crippen molar-refractivity contribution in [2.24, 2.45) is 23.2 Å². The predicted molar refractivity (Wildman–Crippen MR) is 115 cm³/mol. The summed E-state index contributed by atoms with van der Waals surface area (Å²) in [5, 5.41) is 1.59. The molecule has 1 aromatic heterocycles. The van der Waals surface area contributed by atoms with Crippen molar-refractivity contribution in [1.82, 2.24) is 15.4 Å². The van der Waals surface area contributed by atoms with Crippen LogP contribution in [0.15, 0.2) is 24.3 Å². The third kappa shape index (κ3) is 2.83. The van der Waals surface area contributed by atoms with E-state index in [0.717, 1.165) is 42.0 Å². The summed E-state index contributed by atoms with van der Waals surface area (Å²) in [4.78, 5) is 44.1. The van der Waals surface area contributed by atoms with E-state index in [1.807, 2.05) is 31.2 Å². The largest absolute Gasteiger partial charge is 0.282 e. The number of rotatable bonds is 4. The Labute approximate surface area is 181 Å². The molecule has 1 aromatic carbocycles. The minimum atomic E-state index is -0.464. The number of hydrogen-bond acceptors (Lipinski definition) is 4. The minimum absolute atomic E-state index is 0.0559. The number of para-hydroxylation sites is 1. The van der Waals surface area contributed by atoms with Gasteiger partial charge in [-0.1, -0.05) is 25.1 Å². The van der Waals surface area contributed by atoms with Crippen molar-refractivity contribution in [1.29, 1.82) is 0 Å². The minimum Gasteiger partial charge on any atom is -0.273 e. The van der Waals surface area contributed by atoms with Gasteiger partial charge in [0, 0.05) is 11.8 Å². The molecule has 2 aromatic rings. The highest BCUT2D eigenvalue weighted by atomic mass is 16.2. The molecule has 3 amide bonds. The normalized spacial score (nSPS) is 30.9. The maximum atomic E-state index is 13.3. The van der Waals surface area contributed by atoms with Crippen molar-refractivity contribution < 1.29 is 14.4 Å². The van der Waals surface area contributed by atoms with Crippen LogP contribution in [0.4, 0.5) is 0 Å². The number of carbonyl (C=O) groups is 3. The van der Waals surface area contributed by atoms with Crippen molar-refractivity contribution in [3.05, 3.63) is 41.1 Å². The van der Waals surface area contributed by atoms with Gasteiger partial charge in [0.15, 0.2) is 0 Å². The van der Waals surface area contributed by atoms with Gasteiger partial charge >= 0.3 is 0 Å². The number of aryl methyl sites for hydroxylation is 1. The second-order valence-electron chi connectivity index (χ2n) is 10.3. The third-order valence-corrected chi connectivity index (χ3v) is 8.07. The zero-order valence-corrected chi connectivity index (χ0v) is 17.8. The van der Waals surface area contributed by atoms with Crippen LogP contribution in [0.5, 0.6) is 0 Å². The van der Waals surface area contributed by atoms with E-state index in [4.69, 9.17) is 0 Å². The second-order valence-corrected chi connectivity index (χ2v) is 10.3. The van der Waals surface area contributed by atoms with Crippen LogP contribution in [0.25, 0.3) is 10.9 Å². The van der Waals surface area contributed by atoms with E-state index in [1.54, 1.807) is 0 Å². The van der Waals surface area contributed by atoms with Gasteiger partial charge in [-0.25, -0.2) is 0 Å². The molecule has 4 aliphatic carbocycles. The molecule has 0 radical (unpaired) electrons. The standard InChI is InChI=1S/C25H27N3O3/c1-2-18-22-21(17-5-3-4-6-19(17)26-18)23(30)28(24(22)31)27-20(29)13-25-10-14-7-15(11-25)9-16(8-14)12-25/h3-6,14-16H,2,7-13H2,1H3,(H,27,29). The van der Waals surface area contributed by atoms with E-state index in [-0.39, 0.29) is 11.3 Å². The molecule has 7 rings (SSSR count). The fourth-order valence-corrected chi connectivity index (χ4v) is 7.40. The number of amides is 3. The average molecular weight is 418 g/mol. The van der Waals surface area contributed by atoms with Crippen LogP contribution in [-0.4, -0.2) is 27.7 Å². The number of pyridine rings is 1. The van der Waals surface area contributed by atoms with Crippen molar-refractivity contribution in [2.45, 2.75) is 58.3 Å². The molecule has 4 fully saturated rings. The highest BCUT2D eigenvalue weighted by Crippen LogP contribution is 2.61. The predicted octanol–water partition coefficient (Wildman–Crippen LogP) is 4.03. The van der Waals surface area contributed by atoms with Crippen LogP contribution >= 0.6 is 0 Å². The first-order valence-corrected chi connectivity index (χ1v) is 11.6. The van der Waals surface area contributed by atoms with Crippen molar-refractivity contribution >= 4 is 28.6 Å². The fourth-order valence-electron chi connectivity index (χ4n) is 7.40. The van der Waals surface area contributed by atoms with Gasteiger partial charge in [-0.05, 0) is 74.2 Å². The topological polar surface area (TPSA) is 79.4 Å². The Kier molecular flexibility index (Phi) is 4.05. The molecule has 6 nitrogen and oxygen atoms in total. The second kappa shape index (κ2) is 6.62. The lowest BCUT2D eigenvalue weighted by Crippen LogP contribution is -2.51. The summed E-state index contributed by atoms with van der Waals surface area (Å²) in [6, 6.07) is 7.36. The lowest BCUT2D eigenvalue weighted by Gasteiger charge is -2.56. The molecule has 6 heteroatoms. The SMILES string of the molecule is CCc1nc2ccccc2c2c1C(=O)N(NC(=O)CC13CC4CC(CC(C4)C1)C3)C2=O. The summed E-state index contributed by atoms with van der Waals surface area (Å²) in [5.74, 6) is 1.13. The van der Waals surface area contributed by atoms with Gasteiger partial charge in [-0.3, -0.25) is 24.8 Å². The molecule has 4 bridgehead atoms. The molecule has 4 saturated carbocycles. The number of fused-ring (bicyclic) bond motifs is 3. The van der Waals surface area contributed by atoms with E-state index < -0.39 is 11.8 Å². The molecular formula is C25H27N3O3.